The predicted octanol–water partition coefficient (Wildman–Crippen LogP) is 4.28. The van der Waals surface area contributed by atoms with Crippen LogP contribution in [0.5, 0.6) is 6.01 Å². The number of rotatable bonds is 5. The lowest BCUT2D eigenvalue weighted by molar-refractivity contribution is -0.138. The molecule has 7 nitrogen and oxygen atoms in total. The van der Waals surface area contributed by atoms with Crippen molar-refractivity contribution in [2.75, 3.05) is 24.6 Å². The second-order valence-electron chi connectivity index (χ2n) is 10.0. The normalized spacial score (nSPS) is 19.5. The van der Waals surface area contributed by atoms with Crippen molar-refractivity contribution < 1.29 is 23.0 Å². The number of halogens is 3. The van der Waals surface area contributed by atoms with Crippen LogP contribution in [0, 0.1) is 5.41 Å². The number of hydrogen-bond acceptors (Lipinski definition) is 6. The van der Waals surface area contributed by atoms with Gasteiger partial charge in [-0.25, -0.2) is 4.98 Å². The maximum Gasteiger partial charge on any atom is 0.416 e. The first-order chi connectivity index (χ1) is 15.3. The Bertz CT molecular complexity index is 1150. The molecular formula is C23H28F3N5O2. The summed E-state index contributed by atoms with van der Waals surface area (Å²) in [5, 5.41) is 10.4. The van der Waals surface area contributed by atoms with E-state index >= 15 is 0 Å². The minimum Gasteiger partial charge on any atom is -0.463 e. The van der Waals surface area contributed by atoms with Crippen molar-refractivity contribution in [3.05, 3.63) is 41.7 Å². The molecule has 0 amide bonds. The van der Waals surface area contributed by atoms with Crippen LogP contribution in [0.4, 0.5) is 19.0 Å². The van der Waals surface area contributed by atoms with E-state index in [0.717, 1.165) is 6.07 Å². The number of anilines is 1. The van der Waals surface area contributed by atoms with Gasteiger partial charge in [-0.2, -0.15) is 23.1 Å². The molecule has 1 fully saturated rings. The average molecular weight is 464 g/mol. The van der Waals surface area contributed by atoms with Crippen LogP contribution >= 0.6 is 0 Å². The minimum atomic E-state index is -4.46. The number of aromatic nitrogens is 4. The van der Waals surface area contributed by atoms with Crippen LogP contribution in [-0.2, 0) is 12.7 Å². The molecule has 1 aliphatic rings. The maximum absolute atomic E-state index is 13.5. The zero-order valence-corrected chi connectivity index (χ0v) is 19.1. The van der Waals surface area contributed by atoms with Crippen LogP contribution < -0.4 is 9.64 Å². The van der Waals surface area contributed by atoms with E-state index in [0.29, 0.717) is 43.1 Å². The zero-order valence-electron chi connectivity index (χ0n) is 19.1. The molecule has 1 atom stereocenters. The molecule has 0 radical (unpaired) electrons. The van der Waals surface area contributed by atoms with E-state index in [1.807, 2.05) is 25.7 Å². The van der Waals surface area contributed by atoms with Gasteiger partial charge in [-0.15, -0.1) is 0 Å². The lowest BCUT2D eigenvalue weighted by Gasteiger charge is -2.22. The fourth-order valence-corrected chi connectivity index (χ4v) is 3.84. The summed E-state index contributed by atoms with van der Waals surface area (Å²) < 4.78 is 47.9. The van der Waals surface area contributed by atoms with Crippen LogP contribution in [0.15, 0.2) is 30.6 Å². The third kappa shape index (κ3) is 5.21. The first-order valence-electron chi connectivity index (χ1n) is 10.8. The summed E-state index contributed by atoms with van der Waals surface area (Å²) in [5.41, 5.74) is -0.737. The molecule has 1 N–H and O–H groups in total. The number of aliphatic hydroxyl groups is 1. The number of β-amino-alcohol motifs (C(OH)–C–C–N with tert-alkyl or cyclic N) is 1. The van der Waals surface area contributed by atoms with Crippen molar-refractivity contribution in [3.63, 3.8) is 0 Å². The van der Waals surface area contributed by atoms with Gasteiger partial charge in [0.05, 0.1) is 30.6 Å². The molecule has 0 saturated carbocycles. The van der Waals surface area contributed by atoms with Gasteiger partial charge in [0.15, 0.2) is 17.0 Å². The molecule has 0 aliphatic carbocycles. The number of ether oxygens (including phenoxy) is 1. The van der Waals surface area contributed by atoms with Gasteiger partial charge in [0.2, 0.25) is 0 Å². The van der Waals surface area contributed by atoms with E-state index < -0.39 is 17.3 Å². The molecule has 33 heavy (non-hydrogen) atoms. The third-order valence-corrected chi connectivity index (χ3v) is 5.47. The van der Waals surface area contributed by atoms with Crippen molar-refractivity contribution in [2.24, 2.45) is 5.41 Å². The van der Waals surface area contributed by atoms with Crippen LogP contribution in [0.2, 0.25) is 0 Å². The Morgan fingerprint density at radius 1 is 1.15 bits per heavy atom. The summed E-state index contributed by atoms with van der Waals surface area (Å²) >= 11 is 0. The summed E-state index contributed by atoms with van der Waals surface area (Å²) in [6.45, 7) is 9.05. The smallest absolute Gasteiger partial charge is 0.416 e. The summed E-state index contributed by atoms with van der Waals surface area (Å²) in [6.07, 6.45) is -2.43. The lowest BCUT2D eigenvalue weighted by atomic mass is 9.99. The molecule has 4 rings (SSSR count). The Hall–Kier alpha value is -2.88. The highest BCUT2D eigenvalue weighted by Crippen LogP contribution is 2.34. The number of imidazole rings is 1. The van der Waals surface area contributed by atoms with Crippen molar-refractivity contribution in [2.45, 2.75) is 52.4 Å². The van der Waals surface area contributed by atoms with Gasteiger partial charge < -0.3 is 19.3 Å². The number of nitrogens with zero attached hydrogens (tertiary/aromatic N) is 5. The molecule has 10 heteroatoms. The van der Waals surface area contributed by atoms with Crippen LogP contribution in [0.3, 0.4) is 0 Å². The highest BCUT2D eigenvalue weighted by molar-refractivity contribution is 5.84. The molecule has 1 saturated heterocycles. The second kappa shape index (κ2) is 8.16. The SMILES string of the molecule is CC(C)(C)COc1nc(N2CCC(C)(O)C2)c2ncn(Cc3ccccc3C(F)(F)F)c2n1. The summed E-state index contributed by atoms with van der Waals surface area (Å²) in [6, 6.07) is 5.60. The molecule has 1 aromatic carbocycles. The quantitative estimate of drug-likeness (QED) is 0.609. The molecule has 2 aromatic heterocycles. The number of hydrogen-bond donors (Lipinski definition) is 1. The van der Waals surface area contributed by atoms with Crippen LogP contribution in [0.25, 0.3) is 11.2 Å². The van der Waals surface area contributed by atoms with E-state index in [-0.39, 0.29) is 23.5 Å². The van der Waals surface area contributed by atoms with Gasteiger partial charge in [0.25, 0.3) is 0 Å². The van der Waals surface area contributed by atoms with E-state index in [9.17, 15) is 18.3 Å². The molecule has 3 heterocycles. The van der Waals surface area contributed by atoms with E-state index in [4.69, 9.17) is 4.74 Å². The molecule has 1 aliphatic heterocycles. The van der Waals surface area contributed by atoms with Crippen molar-refractivity contribution in [3.8, 4) is 6.01 Å². The van der Waals surface area contributed by atoms with Gasteiger partial charge >= 0.3 is 12.2 Å². The largest absolute Gasteiger partial charge is 0.463 e. The number of benzene rings is 1. The van der Waals surface area contributed by atoms with Crippen LogP contribution in [0.1, 0.15) is 45.2 Å². The standard InChI is InChI=1S/C23H28F3N5O2/c1-21(2,3)13-33-20-28-18(30-10-9-22(4,32)12-30)17-19(29-20)31(14-27-17)11-15-7-5-6-8-16(15)23(24,25)26/h5-8,14,32H,9-13H2,1-4H3. The van der Waals surface area contributed by atoms with Gasteiger partial charge in [-0.1, -0.05) is 39.0 Å². The highest BCUT2D eigenvalue weighted by Gasteiger charge is 2.35. The lowest BCUT2D eigenvalue weighted by Crippen LogP contribution is -2.30. The van der Waals surface area contributed by atoms with E-state index in [1.54, 1.807) is 17.6 Å². The van der Waals surface area contributed by atoms with E-state index in [1.165, 1.54) is 18.5 Å². The topological polar surface area (TPSA) is 76.3 Å². The minimum absolute atomic E-state index is 0.0565. The Kier molecular flexibility index (Phi) is 5.76. The summed E-state index contributed by atoms with van der Waals surface area (Å²) in [7, 11) is 0. The van der Waals surface area contributed by atoms with Crippen LogP contribution in [-0.4, -0.2) is 49.9 Å². The Morgan fingerprint density at radius 3 is 2.52 bits per heavy atom. The first kappa shape index (κ1) is 23.3. The molecule has 0 spiro atoms. The number of alkyl halides is 3. The molecular weight excluding hydrogens is 435 g/mol. The van der Waals surface area contributed by atoms with Crippen molar-refractivity contribution >= 4 is 17.0 Å². The van der Waals surface area contributed by atoms with E-state index in [2.05, 4.69) is 15.0 Å². The predicted molar refractivity (Wildman–Crippen MR) is 118 cm³/mol. The Morgan fingerprint density at radius 2 is 1.88 bits per heavy atom. The first-order valence-corrected chi connectivity index (χ1v) is 10.8. The Balaban J connectivity index is 1.77. The second-order valence-corrected chi connectivity index (χ2v) is 10.0. The molecule has 0 bridgehead atoms. The van der Waals surface area contributed by atoms with Gasteiger partial charge in [0, 0.05) is 13.1 Å². The monoisotopic (exact) mass is 463 g/mol. The summed E-state index contributed by atoms with van der Waals surface area (Å²) in [4.78, 5) is 15.4. The fourth-order valence-electron chi connectivity index (χ4n) is 3.84. The van der Waals surface area contributed by atoms with Gasteiger partial charge in [-0.3, -0.25) is 0 Å². The molecule has 3 aromatic rings. The summed E-state index contributed by atoms with van der Waals surface area (Å²) in [5.74, 6) is 0.504. The average Bonchev–Trinajstić information content (AvgIpc) is 3.28. The molecule has 178 valence electrons. The van der Waals surface area contributed by atoms with Gasteiger partial charge in [0.1, 0.15) is 0 Å². The fraction of sp³-hybridized carbons (Fsp3) is 0.522. The number of fused-ring (bicyclic) bond motifs is 1. The van der Waals surface area contributed by atoms with Crippen molar-refractivity contribution in [1.82, 2.24) is 19.5 Å². The maximum atomic E-state index is 13.5. The Labute approximate surface area is 190 Å². The van der Waals surface area contributed by atoms with Gasteiger partial charge in [-0.05, 0) is 30.4 Å². The molecule has 1 unspecified atom stereocenters. The highest BCUT2D eigenvalue weighted by atomic mass is 19.4. The van der Waals surface area contributed by atoms with Crippen molar-refractivity contribution in [1.29, 1.82) is 0 Å². The third-order valence-electron chi connectivity index (χ3n) is 5.47. The zero-order chi connectivity index (χ0) is 24.0.